The molecule has 0 radical (unpaired) electrons. The van der Waals surface area contributed by atoms with Crippen molar-refractivity contribution in [2.45, 2.75) is 95.1 Å². The van der Waals surface area contributed by atoms with Gasteiger partial charge in [0.25, 0.3) is 0 Å². The van der Waals surface area contributed by atoms with E-state index in [1.807, 2.05) is 50.2 Å². The molecule has 9 heteroatoms. The molecule has 0 bridgehead atoms. The lowest BCUT2D eigenvalue weighted by Crippen LogP contribution is -2.39. The average Bonchev–Trinajstić information content (AvgIpc) is 3.35. The summed E-state index contributed by atoms with van der Waals surface area (Å²) in [6, 6.07) is 16.3. The fourth-order valence-corrected chi connectivity index (χ4v) is 8.53. The molecule has 1 aliphatic heterocycles. The Morgan fingerprint density at radius 3 is 2.65 bits per heavy atom. The third-order valence-corrected chi connectivity index (χ3v) is 10.9. The van der Waals surface area contributed by atoms with Crippen LogP contribution in [-0.4, -0.2) is 36.4 Å². The van der Waals surface area contributed by atoms with Gasteiger partial charge in [0.15, 0.2) is 0 Å². The summed E-state index contributed by atoms with van der Waals surface area (Å²) in [5.41, 5.74) is 13.5. The average molecular weight is 604 g/mol. The standard InChI is InChI=1S/C34H41N3O5S/c1-4-5-6-7-10-26-21-37(43(40,41)32-12-9-8-11-31(32)42-26)30-18-16-24-14-15-25(19-29(24)30)28(20-33(38)39)27-17-13-22(2)34(36-35)23(27)3/h8-9,11-15,17,19,26,28,30,35H,4-7,10,16,18,20-21H2,1-3H3,(H,38,39). The largest absolute Gasteiger partial charge is 0.488 e. The maximum atomic E-state index is 14.2. The maximum absolute atomic E-state index is 14.2. The fourth-order valence-electron chi connectivity index (χ4n) is 6.74. The van der Waals surface area contributed by atoms with E-state index in [9.17, 15) is 18.3 Å². The van der Waals surface area contributed by atoms with Crippen LogP contribution >= 0.6 is 0 Å². The number of hydrogen-bond acceptors (Lipinski definition) is 6. The summed E-state index contributed by atoms with van der Waals surface area (Å²) in [5, 5.41) is 13.6. The molecule has 8 nitrogen and oxygen atoms in total. The van der Waals surface area contributed by atoms with Crippen LogP contribution in [-0.2, 0) is 21.2 Å². The van der Waals surface area contributed by atoms with E-state index in [4.69, 9.17) is 10.3 Å². The molecule has 3 atom stereocenters. The van der Waals surface area contributed by atoms with Gasteiger partial charge in [-0.05, 0) is 85.0 Å². The summed E-state index contributed by atoms with van der Waals surface area (Å²) < 4.78 is 36.4. The van der Waals surface area contributed by atoms with E-state index in [1.165, 1.54) is 0 Å². The zero-order chi connectivity index (χ0) is 30.7. The van der Waals surface area contributed by atoms with E-state index < -0.39 is 21.9 Å². The van der Waals surface area contributed by atoms with Gasteiger partial charge >= 0.3 is 5.97 Å². The summed E-state index contributed by atoms with van der Waals surface area (Å²) in [6.45, 7) is 6.20. The zero-order valence-electron chi connectivity index (χ0n) is 25.2. The van der Waals surface area contributed by atoms with Crippen LogP contribution in [0.5, 0.6) is 5.75 Å². The molecule has 3 aromatic rings. The zero-order valence-corrected chi connectivity index (χ0v) is 26.0. The number of benzene rings is 3. The smallest absolute Gasteiger partial charge is 0.304 e. The molecule has 0 spiro atoms. The van der Waals surface area contributed by atoms with Gasteiger partial charge in [0.1, 0.15) is 16.7 Å². The Bertz CT molecular complexity index is 1620. The minimum Gasteiger partial charge on any atom is -0.488 e. The molecule has 228 valence electrons. The number of aliphatic carboxylic acids is 1. The molecular weight excluding hydrogens is 562 g/mol. The number of carbonyl (C=O) groups is 1. The van der Waals surface area contributed by atoms with E-state index in [1.54, 1.807) is 22.5 Å². The lowest BCUT2D eigenvalue weighted by atomic mass is 9.83. The summed E-state index contributed by atoms with van der Waals surface area (Å²) in [6.07, 6.45) is 6.09. The van der Waals surface area contributed by atoms with Gasteiger partial charge in [0, 0.05) is 5.92 Å². The highest BCUT2D eigenvalue weighted by atomic mass is 32.2. The number of para-hydroxylation sites is 1. The second-order valence-electron chi connectivity index (χ2n) is 11.8. The van der Waals surface area contributed by atoms with Crippen LogP contribution in [0.25, 0.3) is 0 Å². The lowest BCUT2D eigenvalue weighted by molar-refractivity contribution is -0.137. The monoisotopic (exact) mass is 603 g/mol. The van der Waals surface area contributed by atoms with Crippen molar-refractivity contribution in [2.24, 2.45) is 5.11 Å². The van der Waals surface area contributed by atoms with E-state index in [2.05, 4.69) is 12.0 Å². The number of sulfonamides is 1. The minimum absolute atomic E-state index is 0.131. The molecule has 3 unspecified atom stereocenters. The van der Waals surface area contributed by atoms with E-state index in [0.717, 1.165) is 71.9 Å². The number of rotatable bonds is 11. The van der Waals surface area contributed by atoms with Crippen molar-refractivity contribution in [3.05, 3.63) is 88.0 Å². The molecule has 0 fully saturated rings. The van der Waals surface area contributed by atoms with Crippen LogP contribution in [0.4, 0.5) is 5.69 Å². The van der Waals surface area contributed by atoms with Crippen molar-refractivity contribution in [1.29, 1.82) is 5.53 Å². The highest BCUT2D eigenvalue weighted by molar-refractivity contribution is 7.89. The Kier molecular flexibility index (Phi) is 9.32. The molecule has 5 rings (SSSR count). The van der Waals surface area contributed by atoms with Gasteiger partial charge in [0.2, 0.25) is 10.0 Å². The van der Waals surface area contributed by atoms with Gasteiger partial charge < -0.3 is 9.84 Å². The van der Waals surface area contributed by atoms with Crippen LogP contribution in [0.2, 0.25) is 0 Å². The summed E-state index contributed by atoms with van der Waals surface area (Å²) in [7, 11) is -3.86. The first kappa shape index (κ1) is 30.9. The number of nitrogens with one attached hydrogen (secondary N) is 1. The molecule has 43 heavy (non-hydrogen) atoms. The third kappa shape index (κ3) is 6.24. The van der Waals surface area contributed by atoms with Gasteiger partial charge in [-0.1, -0.05) is 68.7 Å². The molecular formula is C34H41N3O5S. The highest BCUT2D eigenvalue weighted by Crippen LogP contribution is 2.44. The van der Waals surface area contributed by atoms with Crippen LogP contribution < -0.4 is 4.74 Å². The quantitative estimate of drug-likeness (QED) is 0.170. The first-order valence-electron chi connectivity index (χ1n) is 15.2. The number of carboxylic acids is 1. The molecule has 2 aliphatic rings. The molecule has 3 aromatic carbocycles. The summed E-state index contributed by atoms with van der Waals surface area (Å²) in [4.78, 5) is 12.3. The van der Waals surface area contributed by atoms with Gasteiger partial charge in [-0.2, -0.15) is 9.42 Å². The molecule has 0 aromatic heterocycles. The predicted octanol–water partition coefficient (Wildman–Crippen LogP) is 7.98. The van der Waals surface area contributed by atoms with E-state index >= 15 is 0 Å². The van der Waals surface area contributed by atoms with Crippen molar-refractivity contribution in [3.63, 3.8) is 0 Å². The number of carboxylic acid groups (broad SMARTS) is 1. The Labute approximate surface area is 254 Å². The predicted molar refractivity (Wildman–Crippen MR) is 166 cm³/mol. The topological polar surface area (TPSA) is 120 Å². The second-order valence-corrected chi connectivity index (χ2v) is 13.7. The summed E-state index contributed by atoms with van der Waals surface area (Å²) in [5.74, 6) is -0.994. The van der Waals surface area contributed by atoms with Crippen molar-refractivity contribution in [3.8, 4) is 5.75 Å². The Balaban J connectivity index is 1.55. The number of unbranched alkanes of at least 4 members (excludes halogenated alkanes) is 3. The Morgan fingerprint density at radius 2 is 1.91 bits per heavy atom. The van der Waals surface area contributed by atoms with Gasteiger partial charge in [-0.15, -0.1) is 0 Å². The number of aryl methyl sites for hydroxylation is 2. The second kappa shape index (κ2) is 13.0. The fraction of sp³-hybridized carbons (Fsp3) is 0.441. The number of hydrogen-bond donors (Lipinski definition) is 2. The molecule has 2 N–H and O–H groups in total. The first-order valence-corrected chi connectivity index (χ1v) is 16.7. The maximum Gasteiger partial charge on any atom is 0.304 e. The van der Waals surface area contributed by atoms with Crippen molar-refractivity contribution in [1.82, 2.24) is 4.31 Å². The number of ether oxygens (including phenoxy) is 1. The molecule has 0 amide bonds. The van der Waals surface area contributed by atoms with Crippen LogP contribution in [0.1, 0.15) is 97.2 Å². The molecule has 1 aliphatic carbocycles. The van der Waals surface area contributed by atoms with Crippen molar-refractivity contribution in [2.75, 3.05) is 6.54 Å². The van der Waals surface area contributed by atoms with E-state index in [-0.39, 0.29) is 30.0 Å². The van der Waals surface area contributed by atoms with E-state index in [0.29, 0.717) is 17.9 Å². The van der Waals surface area contributed by atoms with Gasteiger partial charge in [-0.3, -0.25) is 4.79 Å². The molecule has 0 saturated heterocycles. The van der Waals surface area contributed by atoms with Crippen LogP contribution in [0.3, 0.4) is 0 Å². The van der Waals surface area contributed by atoms with Crippen molar-refractivity contribution < 1.29 is 23.1 Å². The molecule has 0 saturated carbocycles. The molecule has 1 heterocycles. The van der Waals surface area contributed by atoms with Crippen LogP contribution in [0, 0.1) is 19.4 Å². The third-order valence-electron chi connectivity index (χ3n) is 9.00. The lowest BCUT2D eigenvalue weighted by Gasteiger charge is -2.30. The highest BCUT2D eigenvalue weighted by Gasteiger charge is 2.41. The SMILES string of the molecule is CCCCCCC1CN(C2CCc3ccc(C(CC(=O)O)c4ccc(C)c(N=N)c4C)cc32)S(=O)(=O)c2ccccc2O1. The minimum atomic E-state index is -3.86. The van der Waals surface area contributed by atoms with Gasteiger partial charge in [0.05, 0.1) is 24.7 Å². The summed E-state index contributed by atoms with van der Waals surface area (Å²) >= 11 is 0. The Morgan fingerprint density at radius 1 is 1.12 bits per heavy atom. The number of nitrogens with zero attached hydrogens (tertiary/aromatic N) is 2. The first-order chi connectivity index (χ1) is 20.6. The van der Waals surface area contributed by atoms with Crippen molar-refractivity contribution >= 4 is 21.7 Å². The van der Waals surface area contributed by atoms with Gasteiger partial charge in [-0.25, -0.2) is 13.9 Å². The van der Waals surface area contributed by atoms with Crippen LogP contribution in [0.15, 0.2) is 64.6 Å². The number of fused-ring (bicyclic) bond motifs is 2. The normalized spacial score (nSPS) is 20.0. The Hall–Kier alpha value is -3.56.